The van der Waals surface area contributed by atoms with Crippen LogP contribution in [0.3, 0.4) is 0 Å². The molecule has 1 fully saturated rings. The van der Waals surface area contributed by atoms with Crippen molar-refractivity contribution in [1.29, 1.82) is 0 Å². The molecule has 4 rings (SSSR count). The lowest BCUT2D eigenvalue weighted by Gasteiger charge is -2.27. The number of anilines is 1. The summed E-state index contributed by atoms with van der Waals surface area (Å²) in [6.07, 6.45) is 0. The molecule has 1 N–H and O–H groups in total. The number of benzene rings is 2. The van der Waals surface area contributed by atoms with Gasteiger partial charge in [-0.3, -0.25) is 24.2 Å². The number of rotatable bonds is 4. The molecule has 28 heavy (non-hydrogen) atoms. The van der Waals surface area contributed by atoms with Crippen LogP contribution in [0.25, 0.3) is 0 Å². The molecule has 0 unspecified atom stereocenters. The summed E-state index contributed by atoms with van der Waals surface area (Å²) in [6.45, 7) is 3.87. The van der Waals surface area contributed by atoms with Gasteiger partial charge in [-0.15, -0.1) is 0 Å². The maximum absolute atomic E-state index is 12.8. The van der Waals surface area contributed by atoms with Crippen molar-refractivity contribution in [3.05, 3.63) is 64.7 Å². The second-order valence-corrected chi connectivity index (χ2v) is 6.93. The molecule has 2 heterocycles. The Hall–Kier alpha value is -3.03. The van der Waals surface area contributed by atoms with Gasteiger partial charge in [0.2, 0.25) is 0 Å². The average molecular weight is 379 g/mol. The Morgan fingerprint density at radius 2 is 1.75 bits per heavy atom. The van der Waals surface area contributed by atoms with E-state index in [0.717, 1.165) is 35.8 Å². The molecule has 7 nitrogen and oxygen atoms in total. The van der Waals surface area contributed by atoms with E-state index >= 15 is 0 Å². The molecule has 0 aliphatic carbocycles. The Kier molecular flexibility index (Phi) is 4.93. The van der Waals surface area contributed by atoms with Crippen molar-refractivity contribution in [3.8, 4) is 0 Å². The van der Waals surface area contributed by atoms with Crippen molar-refractivity contribution < 1.29 is 19.1 Å². The highest BCUT2D eigenvalue weighted by Crippen LogP contribution is 2.24. The van der Waals surface area contributed by atoms with Gasteiger partial charge in [0.05, 0.1) is 24.3 Å². The summed E-state index contributed by atoms with van der Waals surface area (Å²) < 4.78 is 5.38. The van der Waals surface area contributed by atoms with Gasteiger partial charge in [-0.2, -0.15) is 0 Å². The minimum atomic E-state index is -0.387. The summed E-state index contributed by atoms with van der Waals surface area (Å²) in [6, 6.07) is 12.3. The van der Waals surface area contributed by atoms with E-state index in [-0.39, 0.29) is 23.3 Å². The predicted octanol–water partition coefficient (Wildman–Crippen LogP) is 2.00. The SMILES string of the molecule is CN1C(=O)c2ccc(C(=O)Nc3ccccc3CN3CCOCC3)cc2C1=O. The van der Waals surface area contributed by atoms with Crippen molar-refractivity contribution in [2.24, 2.45) is 0 Å². The third-order valence-corrected chi connectivity index (χ3v) is 5.12. The van der Waals surface area contributed by atoms with E-state index in [4.69, 9.17) is 4.74 Å². The molecule has 2 aromatic carbocycles. The zero-order valence-corrected chi connectivity index (χ0v) is 15.6. The molecule has 0 spiro atoms. The number of carbonyl (C=O) groups excluding carboxylic acids is 3. The second kappa shape index (κ2) is 7.53. The maximum atomic E-state index is 12.8. The number of nitrogens with zero attached hydrogens (tertiary/aromatic N) is 2. The van der Waals surface area contributed by atoms with Crippen molar-refractivity contribution >= 4 is 23.4 Å². The molecule has 2 aliphatic heterocycles. The molecule has 144 valence electrons. The van der Waals surface area contributed by atoms with Gasteiger partial charge < -0.3 is 10.1 Å². The van der Waals surface area contributed by atoms with E-state index < -0.39 is 0 Å². The second-order valence-electron chi connectivity index (χ2n) is 6.93. The topological polar surface area (TPSA) is 79.0 Å². The zero-order chi connectivity index (χ0) is 19.7. The highest BCUT2D eigenvalue weighted by Gasteiger charge is 2.33. The Bertz CT molecular complexity index is 950. The number of morpholine rings is 1. The van der Waals surface area contributed by atoms with Crippen molar-refractivity contribution in [1.82, 2.24) is 9.80 Å². The number of amides is 3. The standard InChI is InChI=1S/C21H21N3O4/c1-23-20(26)16-7-6-14(12-17(16)21(23)27)19(25)22-18-5-3-2-4-15(18)13-24-8-10-28-11-9-24/h2-7,12H,8-11,13H2,1H3,(H,22,25). The van der Waals surface area contributed by atoms with Gasteiger partial charge in [-0.1, -0.05) is 18.2 Å². The lowest BCUT2D eigenvalue weighted by atomic mass is 10.0. The number of hydrogen-bond donors (Lipinski definition) is 1. The Morgan fingerprint density at radius 1 is 1.04 bits per heavy atom. The first-order valence-corrected chi connectivity index (χ1v) is 9.20. The van der Waals surface area contributed by atoms with Gasteiger partial charge >= 0.3 is 0 Å². The van der Waals surface area contributed by atoms with E-state index in [1.807, 2.05) is 24.3 Å². The van der Waals surface area contributed by atoms with Crippen LogP contribution in [-0.2, 0) is 11.3 Å². The van der Waals surface area contributed by atoms with E-state index in [2.05, 4.69) is 10.2 Å². The lowest BCUT2D eigenvalue weighted by Crippen LogP contribution is -2.35. The van der Waals surface area contributed by atoms with Crippen LogP contribution >= 0.6 is 0 Å². The number of ether oxygens (including phenoxy) is 1. The number of hydrogen-bond acceptors (Lipinski definition) is 5. The molecule has 3 amide bonds. The molecule has 0 aromatic heterocycles. The van der Waals surface area contributed by atoms with Gasteiger partial charge in [-0.25, -0.2) is 0 Å². The fraction of sp³-hybridized carbons (Fsp3) is 0.286. The Morgan fingerprint density at radius 3 is 2.54 bits per heavy atom. The third-order valence-electron chi connectivity index (χ3n) is 5.12. The van der Waals surface area contributed by atoms with Crippen LogP contribution in [0.5, 0.6) is 0 Å². The third kappa shape index (κ3) is 3.42. The van der Waals surface area contributed by atoms with E-state index in [9.17, 15) is 14.4 Å². The summed E-state index contributed by atoms with van der Waals surface area (Å²) in [5, 5.41) is 2.94. The molecule has 2 aromatic rings. The van der Waals surface area contributed by atoms with Gasteiger partial charge in [0.1, 0.15) is 0 Å². The zero-order valence-electron chi connectivity index (χ0n) is 15.6. The van der Waals surface area contributed by atoms with Crippen LogP contribution in [0.15, 0.2) is 42.5 Å². The molecule has 0 radical (unpaired) electrons. The monoisotopic (exact) mass is 379 g/mol. The molecule has 0 bridgehead atoms. The summed E-state index contributed by atoms with van der Waals surface area (Å²) in [5.41, 5.74) is 2.69. The van der Waals surface area contributed by atoms with Crippen LogP contribution in [0.1, 0.15) is 36.6 Å². The average Bonchev–Trinajstić information content (AvgIpc) is 2.94. The van der Waals surface area contributed by atoms with Crippen molar-refractivity contribution in [3.63, 3.8) is 0 Å². The van der Waals surface area contributed by atoms with Crippen LogP contribution in [0.4, 0.5) is 5.69 Å². The van der Waals surface area contributed by atoms with Gasteiger partial charge in [0, 0.05) is 37.9 Å². The van der Waals surface area contributed by atoms with Gasteiger partial charge in [0.15, 0.2) is 0 Å². The molecular weight excluding hydrogens is 358 g/mol. The minimum Gasteiger partial charge on any atom is -0.379 e. The Labute approximate surface area is 162 Å². The number of fused-ring (bicyclic) bond motifs is 1. The fourth-order valence-electron chi connectivity index (χ4n) is 3.48. The number of carbonyl (C=O) groups is 3. The first-order chi connectivity index (χ1) is 13.5. The largest absolute Gasteiger partial charge is 0.379 e. The van der Waals surface area contributed by atoms with Crippen molar-refractivity contribution in [2.75, 3.05) is 38.7 Å². The Balaban J connectivity index is 1.53. The van der Waals surface area contributed by atoms with E-state index in [1.54, 1.807) is 6.07 Å². The van der Waals surface area contributed by atoms with Gasteiger partial charge in [0.25, 0.3) is 17.7 Å². The van der Waals surface area contributed by atoms with E-state index in [0.29, 0.717) is 24.3 Å². The summed E-state index contributed by atoms with van der Waals surface area (Å²) >= 11 is 0. The van der Waals surface area contributed by atoms with Crippen molar-refractivity contribution in [2.45, 2.75) is 6.54 Å². The first-order valence-electron chi connectivity index (χ1n) is 9.20. The quantitative estimate of drug-likeness (QED) is 0.822. The lowest BCUT2D eigenvalue weighted by molar-refractivity contribution is 0.0342. The molecule has 0 atom stereocenters. The number of imide groups is 1. The van der Waals surface area contributed by atoms with Crippen LogP contribution in [0, 0.1) is 0 Å². The predicted molar refractivity (Wildman–Crippen MR) is 103 cm³/mol. The van der Waals surface area contributed by atoms with Gasteiger partial charge in [-0.05, 0) is 29.8 Å². The molecule has 2 aliphatic rings. The normalized spacial score (nSPS) is 17.0. The first kappa shape index (κ1) is 18.3. The highest BCUT2D eigenvalue weighted by atomic mass is 16.5. The highest BCUT2D eigenvalue weighted by molar-refractivity contribution is 6.22. The molecular formula is C21H21N3O4. The summed E-state index contributed by atoms with van der Waals surface area (Å²) in [5.74, 6) is -1.04. The smallest absolute Gasteiger partial charge is 0.261 e. The van der Waals surface area contributed by atoms with Crippen LogP contribution in [-0.4, -0.2) is 60.9 Å². The fourth-order valence-corrected chi connectivity index (χ4v) is 3.48. The van der Waals surface area contributed by atoms with E-state index in [1.165, 1.54) is 19.2 Å². The number of para-hydroxylation sites is 1. The van der Waals surface area contributed by atoms with Crippen LogP contribution in [0.2, 0.25) is 0 Å². The van der Waals surface area contributed by atoms with Crippen LogP contribution < -0.4 is 5.32 Å². The molecule has 1 saturated heterocycles. The molecule has 0 saturated carbocycles. The molecule has 7 heteroatoms. The summed E-state index contributed by atoms with van der Waals surface area (Å²) in [7, 11) is 1.44. The summed E-state index contributed by atoms with van der Waals surface area (Å²) in [4.78, 5) is 40.3. The number of nitrogens with one attached hydrogen (secondary N) is 1. The minimum absolute atomic E-state index is 0.266. The maximum Gasteiger partial charge on any atom is 0.261 e.